The van der Waals surface area contributed by atoms with Crippen LogP contribution in [0, 0.1) is 0 Å². The van der Waals surface area contributed by atoms with Crippen LogP contribution in [0.3, 0.4) is 0 Å². The van der Waals surface area contributed by atoms with E-state index in [4.69, 9.17) is 27.6 Å². The van der Waals surface area contributed by atoms with Gasteiger partial charge in [0, 0.05) is 16.3 Å². The standard InChI is InChI=1S/C26H17Cl2N5O2S/c27-18-11-13-21(22(28)15-18)25(34)31-29-16-20-12-14-23(35-20)36-26-32-30-24(17-7-3-1-4-8-17)33(26)19-9-5-2-6-10-19/h1-16H,(H,31,34)/b29-16+. The fraction of sp³-hybridized carbons (Fsp3) is 0. The van der Waals surface area contributed by atoms with Crippen molar-refractivity contribution in [3.05, 3.63) is 112 Å². The first-order chi connectivity index (χ1) is 17.6. The number of amides is 1. The zero-order chi connectivity index (χ0) is 24.9. The van der Waals surface area contributed by atoms with E-state index in [0.29, 0.717) is 21.0 Å². The maximum atomic E-state index is 12.3. The van der Waals surface area contributed by atoms with Gasteiger partial charge in [-0.05, 0) is 54.2 Å². The van der Waals surface area contributed by atoms with Crippen LogP contribution in [-0.2, 0) is 0 Å². The Morgan fingerprint density at radius 3 is 2.44 bits per heavy atom. The number of nitrogens with zero attached hydrogens (tertiary/aromatic N) is 4. The monoisotopic (exact) mass is 533 g/mol. The molecule has 178 valence electrons. The van der Waals surface area contributed by atoms with Gasteiger partial charge in [-0.15, -0.1) is 10.2 Å². The van der Waals surface area contributed by atoms with Gasteiger partial charge < -0.3 is 4.42 Å². The zero-order valence-corrected chi connectivity index (χ0v) is 20.8. The minimum atomic E-state index is -0.460. The maximum absolute atomic E-state index is 12.3. The quantitative estimate of drug-likeness (QED) is 0.184. The molecule has 0 saturated carbocycles. The number of nitrogens with one attached hydrogen (secondary N) is 1. The van der Waals surface area contributed by atoms with E-state index in [9.17, 15) is 4.79 Å². The lowest BCUT2D eigenvalue weighted by atomic mass is 10.2. The summed E-state index contributed by atoms with van der Waals surface area (Å²) in [5.74, 6) is 0.716. The number of carbonyl (C=O) groups excluding carboxylic acids is 1. The summed E-state index contributed by atoms with van der Waals surface area (Å²) in [6.07, 6.45) is 1.41. The Kier molecular flexibility index (Phi) is 7.18. The van der Waals surface area contributed by atoms with Gasteiger partial charge in [0.15, 0.2) is 10.9 Å². The normalized spacial score (nSPS) is 11.2. The number of hydrazone groups is 1. The van der Waals surface area contributed by atoms with Gasteiger partial charge in [-0.3, -0.25) is 9.36 Å². The van der Waals surface area contributed by atoms with Crippen molar-refractivity contribution in [2.24, 2.45) is 5.10 Å². The Morgan fingerprint density at radius 1 is 0.944 bits per heavy atom. The van der Waals surface area contributed by atoms with Crippen molar-refractivity contribution in [1.29, 1.82) is 0 Å². The average molecular weight is 534 g/mol. The predicted molar refractivity (Wildman–Crippen MR) is 141 cm³/mol. The molecular weight excluding hydrogens is 517 g/mol. The van der Waals surface area contributed by atoms with E-state index in [-0.39, 0.29) is 10.6 Å². The number of para-hydroxylation sites is 1. The Bertz CT molecular complexity index is 1530. The summed E-state index contributed by atoms with van der Waals surface area (Å²) in [6, 6.07) is 27.9. The van der Waals surface area contributed by atoms with Crippen LogP contribution in [0.2, 0.25) is 10.0 Å². The Morgan fingerprint density at radius 2 is 1.69 bits per heavy atom. The van der Waals surface area contributed by atoms with Crippen LogP contribution in [0.25, 0.3) is 17.1 Å². The molecule has 1 N–H and O–H groups in total. The molecule has 5 aromatic rings. The number of halogens is 2. The second-order valence-corrected chi connectivity index (χ2v) is 9.24. The van der Waals surface area contributed by atoms with Gasteiger partial charge in [0.1, 0.15) is 5.76 Å². The van der Waals surface area contributed by atoms with Crippen LogP contribution in [0.5, 0.6) is 0 Å². The van der Waals surface area contributed by atoms with Crippen LogP contribution in [-0.4, -0.2) is 26.9 Å². The van der Waals surface area contributed by atoms with E-state index in [0.717, 1.165) is 17.1 Å². The van der Waals surface area contributed by atoms with Crippen molar-refractivity contribution < 1.29 is 9.21 Å². The van der Waals surface area contributed by atoms with E-state index >= 15 is 0 Å². The van der Waals surface area contributed by atoms with Crippen molar-refractivity contribution in [1.82, 2.24) is 20.2 Å². The van der Waals surface area contributed by atoms with Crippen molar-refractivity contribution in [3.63, 3.8) is 0 Å². The third kappa shape index (κ3) is 5.36. The molecule has 0 saturated heterocycles. The summed E-state index contributed by atoms with van der Waals surface area (Å²) in [5.41, 5.74) is 4.58. The molecule has 0 spiro atoms. The van der Waals surface area contributed by atoms with Gasteiger partial charge in [-0.25, -0.2) is 5.43 Å². The van der Waals surface area contributed by atoms with E-state index in [2.05, 4.69) is 20.7 Å². The molecule has 7 nitrogen and oxygen atoms in total. The number of benzene rings is 3. The number of furan rings is 1. The van der Waals surface area contributed by atoms with Crippen molar-refractivity contribution in [3.8, 4) is 17.1 Å². The Hall–Kier alpha value is -3.85. The third-order valence-electron chi connectivity index (χ3n) is 5.01. The van der Waals surface area contributed by atoms with E-state index in [1.807, 2.05) is 65.2 Å². The highest BCUT2D eigenvalue weighted by Crippen LogP contribution is 2.33. The van der Waals surface area contributed by atoms with Crippen molar-refractivity contribution in [2.45, 2.75) is 10.2 Å². The highest BCUT2D eigenvalue weighted by atomic mass is 35.5. The summed E-state index contributed by atoms with van der Waals surface area (Å²) < 4.78 is 7.84. The molecule has 0 fully saturated rings. The molecule has 2 heterocycles. The second kappa shape index (κ2) is 10.8. The van der Waals surface area contributed by atoms with Gasteiger partial charge in [0.25, 0.3) is 5.91 Å². The molecular formula is C26H17Cl2N5O2S. The Balaban J connectivity index is 1.34. The first-order valence-electron chi connectivity index (χ1n) is 10.7. The maximum Gasteiger partial charge on any atom is 0.272 e. The van der Waals surface area contributed by atoms with E-state index < -0.39 is 5.91 Å². The van der Waals surface area contributed by atoms with Crippen LogP contribution in [0.4, 0.5) is 0 Å². The van der Waals surface area contributed by atoms with Gasteiger partial charge in [-0.1, -0.05) is 71.7 Å². The molecule has 36 heavy (non-hydrogen) atoms. The first kappa shape index (κ1) is 23.9. The fourth-order valence-corrected chi connectivity index (χ4v) is 4.67. The topological polar surface area (TPSA) is 85.3 Å². The summed E-state index contributed by atoms with van der Waals surface area (Å²) in [7, 11) is 0. The number of aromatic nitrogens is 3. The minimum absolute atomic E-state index is 0.240. The summed E-state index contributed by atoms with van der Waals surface area (Å²) in [5, 5.41) is 14.7. The summed E-state index contributed by atoms with van der Waals surface area (Å²) >= 11 is 13.3. The molecule has 3 aromatic carbocycles. The molecule has 0 aliphatic carbocycles. The molecule has 0 atom stereocenters. The van der Waals surface area contributed by atoms with Crippen LogP contribution >= 0.6 is 35.0 Å². The number of hydrogen-bond donors (Lipinski definition) is 1. The van der Waals surface area contributed by atoms with E-state index in [1.165, 1.54) is 30.1 Å². The summed E-state index contributed by atoms with van der Waals surface area (Å²) in [4.78, 5) is 12.3. The molecule has 1 amide bonds. The lowest BCUT2D eigenvalue weighted by Gasteiger charge is -2.09. The Labute approximate surface area is 220 Å². The van der Waals surface area contributed by atoms with Crippen LogP contribution in [0.15, 0.2) is 111 Å². The second-order valence-electron chi connectivity index (χ2n) is 7.43. The van der Waals surface area contributed by atoms with Crippen molar-refractivity contribution >= 4 is 47.1 Å². The first-order valence-corrected chi connectivity index (χ1v) is 12.3. The number of hydrogen-bond acceptors (Lipinski definition) is 6. The van der Waals surface area contributed by atoms with Gasteiger partial charge in [-0.2, -0.15) is 5.10 Å². The van der Waals surface area contributed by atoms with E-state index in [1.54, 1.807) is 18.2 Å². The molecule has 0 bridgehead atoms. The number of rotatable bonds is 7. The van der Waals surface area contributed by atoms with Gasteiger partial charge >= 0.3 is 0 Å². The molecule has 0 aliphatic rings. The highest BCUT2D eigenvalue weighted by Gasteiger charge is 2.18. The lowest BCUT2D eigenvalue weighted by Crippen LogP contribution is -2.17. The lowest BCUT2D eigenvalue weighted by molar-refractivity contribution is 0.0955. The fourth-order valence-electron chi connectivity index (χ4n) is 3.36. The molecule has 0 unspecified atom stereocenters. The third-order valence-corrected chi connectivity index (χ3v) is 6.42. The minimum Gasteiger partial charge on any atom is -0.448 e. The SMILES string of the molecule is O=C(N/N=C/c1ccc(Sc2nnc(-c3ccccc3)n2-c2ccccc2)o1)c1ccc(Cl)cc1Cl. The molecule has 2 aromatic heterocycles. The van der Waals surface area contributed by atoms with Crippen molar-refractivity contribution in [2.75, 3.05) is 0 Å². The number of carbonyl (C=O) groups is 1. The summed E-state index contributed by atoms with van der Waals surface area (Å²) in [6.45, 7) is 0. The predicted octanol–water partition coefficient (Wildman–Crippen LogP) is 6.75. The largest absolute Gasteiger partial charge is 0.448 e. The van der Waals surface area contributed by atoms with Gasteiger partial charge in [0.2, 0.25) is 5.16 Å². The molecule has 10 heteroatoms. The zero-order valence-electron chi connectivity index (χ0n) is 18.5. The molecule has 0 radical (unpaired) electrons. The van der Waals surface area contributed by atoms with Crippen LogP contribution in [0.1, 0.15) is 16.1 Å². The smallest absolute Gasteiger partial charge is 0.272 e. The molecule has 5 rings (SSSR count). The van der Waals surface area contributed by atoms with Crippen LogP contribution < -0.4 is 5.43 Å². The van der Waals surface area contributed by atoms with Gasteiger partial charge in [0.05, 0.1) is 16.8 Å². The highest BCUT2D eigenvalue weighted by molar-refractivity contribution is 7.99. The average Bonchev–Trinajstić information content (AvgIpc) is 3.52. The molecule has 0 aliphatic heterocycles.